The van der Waals surface area contributed by atoms with E-state index >= 15 is 0 Å². The van der Waals surface area contributed by atoms with Crippen molar-refractivity contribution in [2.45, 2.75) is 6.54 Å². The summed E-state index contributed by atoms with van der Waals surface area (Å²) in [5.41, 5.74) is 1.80. The molecule has 0 spiro atoms. The van der Waals surface area contributed by atoms with Gasteiger partial charge in [0, 0.05) is 12.1 Å². The smallest absolute Gasteiger partial charge is 0.337 e. The van der Waals surface area contributed by atoms with Crippen LogP contribution < -0.4 is 0 Å². The van der Waals surface area contributed by atoms with E-state index in [1.807, 2.05) is 19.0 Å². The maximum Gasteiger partial charge on any atom is 0.337 e. The topological polar surface area (TPSA) is 46.6 Å². The summed E-state index contributed by atoms with van der Waals surface area (Å²) in [6, 6.07) is 5.02. The number of benzene rings is 1. The first-order valence-electron chi connectivity index (χ1n) is 4.89. The molecule has 1 aromatic rings. The van der Waals surface area contributed by atoms with Crippen LogP contribution in [-0.4, -0.2) is 38.4 Å². The standard InChI is InChI=1S/C12H15NO3/c1-13(2)7-9-4-10(8-14)6-11(5-9)12(15)16-3/h4-6,8H,7H2,1-3H3. The zero-order valence-electron chi connectivity index (χ0n) is 9.69. The molecule has 1 aromatic carbocycles. The molecule has 0 N–H and O–H groups in total. The number of carbonyl (C=O) groups excluding carboxylic acids is 2. The van der Waals surface area contributed by atoms with Gasteiger partial charge in [-0.25, -0.2) is 4.79 Å². The van der Waals surface area contributed by atoms with Crippen molar-refractivity contribution >= 4 is 12.3 Å². The van der Waals surface area contributed by atoms with E-state index in [1.165, 1.54) is 13.2 Å². The van der Waals surface area contributed by atoms with Gasteiger partial charge in [0.05, 0.1) is 12.7 Å². The molecule has 16 heavy (non-hydrogen) atoms. The maximum atomic E-state index is 11.4. The average Bonchev–Trinajstić information content (AvgIpc) is 2.26. The normalized spacial score (nSPS) is 10.2. The number of carbonyl (C=O) groups is 2. The first-order chi connectivity index (χ1) is 7.56. The summed E-state index contributed by atoms with van der Waals surface area (Å²) in [6.45, 7) is 0.672. The van der Waals surface area contributed by atoms with Crippen molar-refractivity contribution < 1.29 is 14.3 Å². The number of hydrogen-bond acceptors (Lipinski definition) is 4. The molecule has 0 fully saturated rings. The number of hydrogen-bond donors (Lipinski definition) is 0. The summed E-state index contributed by atoms with van der Waals surface area (Å²) in [5, 5.41) is 0. The van der Waals surface area contributed by atoms with E-state index in [-0.39, 0.29) is 0 Å². The second-order valence-electron chi connectivity index (χ2n) is 3.81. The molecule has 0 saturated carbocycles. The van der Waals surface area contributed by atoms with Crippen molar-refractivity contribution in [2.24, 2.45) is 0 Å². The van der Waals surface area contributed by atoms with E-state index in [9.17, 15) is 9.59 Å². The van der Waals surface area contributed by atoms with Gasteiger partial charge in [0.2, 0.25) is 0 Å². The Labute approximate surface area is 94.8 Å². The SMILES string of the molecule is COC(=O)c1cc(C=O)cc(CN(C)C)c1. The summed E-state index contributed by atoms with van der Waals surface area (Å²) in [5.74, 6) is -0.427. The minimum absolute atomic E-state index is 0.406. The molecule has 0 saturated heterocycles. The van der Waals surface area contributed by atoms with Crippen LogP contribution in [0.1, 0.15) is 26.3 Å². The van der Waals surface area contributed by atoms with Gasteiger partial charge in [-0.1, -0.05) is 0 Å². The van der Waals surface area contributed by atoms with E-state index in [2.05, 4.69) is 4.74 Å². The highest BCUT2D eigenvalue weighted by Crippen LogP contribution is 2.11. The number of rotatable bonds is 4. The fourth-order valence-electron chi connectivity index (χ4n) is 1.48. The number of esters is 1. The second kappa shape index (κ2) is 5.42. The first kappa shape index (κ1) is 12.4. The predicted octanol–water partition coefficient (Wildman–Crippen LogP) is 1.35. The lowest BCUT2D eigenvalue weighted by atomic mass is 10.1. The fourth-order valence-corrected chi connectivity index (χ4v) is 1.48. The molecule has 0 amide bonds. The first-order valence-corrected chi connectivity index (χ1v) is 4.89. The molecule has 4 nitrogen and oxygen atoms in total. The highest BCUT2D eigenvalue weighted by molar-refractivity contribution is 5.91. The van der Waals surface area contributed by atoms with Gasteiger partial charge in [0.25, 0.3) is 0 Å². The minimum Gasteiger partial charge on any atom is -0.465 e. The number of ether oxygens (including phenoxy) is 1. The highest BCUT2D eigenvalue weighted by Gasteiger charge is 2.08. The molecule has 0 atom stereocenters. The van der Waals surface area contributed by atoms with E-state index in [1.54, 1.807) is 12.1 Å². The van der Waals surface area contributed by atoms with Crippen LogP contribution in [0.2, 0.25) is 0 Å². The van der Waals surface area contributed by atoms with Gasteiger partial charge in [-0.05, 0) is 37.9 Å². The lowest BCUT2D eigenvalue weighted by Gasteiger charge is -2.11. The fraction of sp³-hybridized carbons (Fsp3) is 0.333. The van der Waals surface area contributed by atoms with Crippen molar-refractivity contribution in [3.05, 3.63) is 34.9 Å². The van der Waals surface area contributed by atoms with Crippen LogP contribution in [0.15, 0.2) is 18.2 Å². The molecule has 0 heterocycles. The lowest BCUT2D eigenvalue weighted by molar-refractivity contribution is 0.0600. The van der Waals surface area contributed by atoms with Gasteiger partial charge >= 0.3 is 5.97 Å². The van der Waals surface area contributed by atoms with Gasteiger partial charge in [-0.2, -0.15) is 0 Å². The molecule has 0 aromatic heterocycles. The Bertz CT molecular complexity index is 399. The van der Waals surface area contributed by atoms with E-state index in [0.717, 1.165) is 11.8 Å². The van der Waals surface area contributed by atoms with Gasteiger partial charge in [0.1, 0.15) is 6.29 Å². The van der Waals surface area contributed by atoms with Crippen molar-refractivity contribution in [3.8, 4) is 0 Å². The van der Waals surface area contributed by atoms with Gasteiger partial charge in [-0.15, -0.1) is 0 Å². The summed E-state index contributed by atoms with van der Waals surface area (Å²) in [4.78, 5) is 24.1. The Morgan fingerprint density at radius 2 is 2.06 bits per heavy atom. The van der Waals surface area contributed by atoms with Crippen LogP contribution in [0.4, 0.5) is 0 Å². The quantitative estimate of drug-likeness (QED) is 0.568. The Kier molecular flexibility index (Phi) is 4.19. The van der Waals surface area contributed by atoms with Crippen molar-refractivity contribution in [2.75, 3.05) is 21.2 Å². The van der Waals surface area contributed by atoms with Gasteiger partial charge in [-0.3, -0.25) is 4.79 Å². The third-order valence-electron chi connectivity index (χ3n) is 2.07. The summed E-state index contributed by atoms with van der Waals surface area (Å²) in [6.07, 6.45) is 0.728. The molecule has 0 aliphatic carbocycles. The minimum atomic E-state index is -0.427. The number of nitrogens with zero attached hydrogens (tertiary/aromatic N) is 1. The van der Waals surface area contributed by atoms with Crippen molar-refractivity contribution in [3.63, 3.8) is 0 Å². The summed E-state index contributed by atoms with van der Waals surface area (Å²) < 4.78 is 4.63. The van der Waals surface area contributed by atoms with Crippen molar-refractivity contribution in [1.82, 2.24) is 4.90 Å². The highest BCUT2D eigenvalue weighted by atomic mass is 16.5. The average molecular weight is 221 g/mol. The van der Waals surface area contributed by atoms with Crippen molar-refractivity contribution in [1.29, 1.82) is 0 Å². The van der Waals surface area contributed by atoms with Gasteiger partial charge in [0.15, 0.2) is 0 Å². The number of aldehydes is 1. The maximum absolute atomic E-state index is 11.4. The zero-order valence-corrected chi connectivity index (χ0v) is 9.69. The van der Waals surface area contributed by atoms with E-state index in [0.29, 0.717) is 17.7 Å². The van der Waals surface area contributed by atoms with Crippen LogP contribution in [0, 0.1) is 0 Å². The Morgan fingerprint density at radius 1 is 1.38 bits per heavy atom. The summed E-state index contributed by atoms with van der Waals surface area (Å²) >= 11 is 0. The van der Waals surface area contributed by atoms with E-state index in [4.69, 9.17) is 0 Å². The molecule has 0 aliphatic heterocycles. The molecule has 1 rings (SSSR count). The predicted molar refractivity (Wildman–Crippen MR) is 60.6 cm³/mol. The molecule has 4 heteroatoms. The van der Waals surface area contributed by atoms with Crippen LogP contribution in [0.3, 0.4) is 0 Å². The molecule has 86 valence electrons. The number of methoxy groups -OCH3 is 1. The Hall–Kier alpha value is -1.68. The molecule has 0 bridgehead atoms. The summed E-state index contributed by atoms with van der Waals surface area (Å²) in [7, 11) is 5.17. The van der Waals surface area contributed by atoms with E-state index < -0.39 is 5.97 Å². The Morgan fingerprint density at radius 3 is 2.56 bits per heavy atom. The van der Waals surface area contributed by atoms with Crippen LogP contribution >= 0.6 is 0 Å². The largest absolute Gasteiger partial charge is 0.465 e. The second-order valence-corrected chi connectivity index (χ2v) is 3.81. The lowest BCUT2D eigenvalue weighted by Crippen LogP contribution is -2.12. The zero-order chi connectivity index (χ0) is 12.1. The molecular formula is C12H15NO3. The Balaban J connectivity index is 3.10. The monoisotopic (exact) mass is 221 g/mol. The molecular weight excluding hydrogens is 206 g/mol. The third kappa shape index (κ3) is 3.17. The molecule has 0 aliphatic rings. The van der Waals surface area contributed by atoms with Crippen LogP contribution in [0.5, 0.6) is 0 Å². The van der Waals surface area contributed by atoms with Crippen LogP contribution in [0.25, 0.3) is 0 Å². The van der Waals surface area contributed by atoms with Crippen LogP contribution in [-0.2, 0) is 11.3 Å². The molecule has 0 unspecified atom stereocenters. The third-order valence-corrected chi connectivity index (χ3v) is 2.07. The molecule has 0 radical (unpaired) electrons. The van der Waals surface area contributed by atoms with Gasteiger partial charge < -0.3 is 9.64 Å².